The fraction of sp³-hybridized carbons (Fsp3) is 0.619. The first-order valence-corrected chi connectivity index (χ1v) is 9.69. The number of aryl methyl sites for hydroxylation is 2. The first-order chi connectivity index (χ1) is 12.4. The minimum absolute atomic E-state index is 0.594. The second-order valence-corrected chi connectivity index (χ2v) is 8.29. The Bertz CT molecular complexity index is 680. The van der Waals surface area contributed by atoms with Crippen LogP contribution in [0.4, 0.5) is 0 Å². The zero-order valence-corrected chi connectivity index (χ0v) is 16.2. The smallest absolute Gasteiger partial charge is 0.226 e. The van der Waals surface area contributed by atoms with Crippen LogP contribution in [-0.2, 0) is 19.4 Å². The molecule has 1 N–H and O–H groups in total. The van der Waals surface area contributed by atoms with E-state index in [0.717, 1.165) is 50.6 Å². The molecule has 2 heterocycles. The summed E-state index contributed by atoms with van der Waals surface area (Å²) in [7, 11) is 0. The van der Waals surface area contributed by atoms with Crippen molar-refractivity contribution in [3.63, 3.8) is 0 Å². The largest absolute Gasteiger partial charge is 0.390 e. The molecule has 142 valence electrons. The Morgan fingerprint density at radius 1 is 1.15 bits per heavy atom. The van der Waals surface area contributed by atoms with E-state index in [1.54, 1.807) is 0 Å². The van der Waals surface area contributed by atoms with Crippen LogP contribution in [0.2, 0.25) is 0 Å². The van der Waals surface area contributed by atoms with Gasteiger partial charge in [-0.15, -0.1) is 0 Å². The van der Waals surface area contributed by atoms with Crippen molar-refractivity contribution in [2.75, 3.05) is 13.1 Å². The molecule has 0 bridgehead atoms. The van der Waals surface area contributed by atoms with Gasteiger partial charge in [-0.3, -0.25) is 4.90 Å². The molecule has 5 nitrogen and oxygen atoms in total. The molecular weight excluding hydrogens is 326 g/mol. The SMILES string of the molecule is Cc1noc(CC2CCN(Cc3ccc(CCC(C)(C)O)cc3)CC2)n1. The molecule has 5 heteroatoms. The van der Waals surface area contributed by atoms with Crippen LogP contribution < -0.4 is 0 Å². The molecule has 26 heavy (non-hydrogen) atoms. The second kappa shape index (κ2) is 8.31. The minimum Gasteiger partial charge on any atom is -0.390 e. The first-order valence-electron chi connectivity index (χ1n) is 9.69. The number of nitrogens with zero attached hydrogens (tertiary/aromatic N) is 3. The maximum Gasteiger partial charge on any atom is 0.226 e. The molecule has 0 unspecified atom stereocenters. The van der Waals surface area contributed by atoms with Crippen molar-refractivity contribution < 1.29 is 9.63 Å². The van der Waals surface area contributed by atoms with E-state index >= 15 is 0 Å². The van der Waals surface area contributed by atoms with Gasteiger partial charge < -0.3 is 9.63 Å². The summed E-state index contributed by atoms with van der Waals surface area (Å²) in [5, 5.41) is 13.7. The first kappa shape index (κ1) is 19.1. The number of aliphatic hydroxyl groups is 1. The molecule has 2 aromatic rings. The molecule has 1 aromatic heterocycles. The molecule has 0 saturated carbocycles. The molecule has 0 atom stereocenters. The lowest BCUT2D eigenvalue weighted by Gasteiger charge is -2.31. The number of likely N-dealkylation sites (tertiary alicyclic amines) is 1. The Balaban J connectivity index is 1.42. The quantitative estimate of drug-likeness (QED) is 0.821. The van der Waals surface area contributed by atoms with E-state index in [-0.39, 0.29) is 0 Å². The molecule has 1 saturated heterocycles. The predicted octanol–water partition coefficient (Wildman–Crippen LogP) is 3.54. The molecule has 0 spiro atoms. The Morgan fingerprint density at radius 3 is 2.38 bits per heavy atom. The average molecular weight is 357 g/mol. The molecule has 0 radical (unpaired) electrons. The number of piperidine rings is 1. The lowest BCUT2D eigenvalue weighted by Crippen LogP contribution is -2.33. The molecule has 3 rings (SSSR count). The highest BCUT2D eigenvalue weighted by Gasteiger charge is 2.21. The van der Waals surface area contributed by atoms with Gasteiger partial charge in [-0.25, -0.2) is 0 Å². The van der Waals surface area contributed by atoms with E-state index in [1.165, 1.54) is 24.0 Å². The highest BCUT2D eigenvalue weighted by molar-refractivity contribution is 5.22. The lowest BCUT2D eigenvalue weighted by molar-refractivity contribution is 0.0714. The third-order valence-electron chi connectivity index (χ3n) is 5.19. The summed E-state index contributed by atoms with van der Waals surface area (Å²) in [5.41, 5.74) is 2.07. The summed E-state index contributed by atoms with van der Waals surface area (Å²) < 4.78 is 5.25. The summed E-state index contributed by atoms with van der Waals surface area (Å²) in [4.78, 5) is 6.85. The van der Waals surface area contributed by atoms with Crippen molar-refractivity contribution in [2.45, 2.75) is 65.0 Å². The van der Waals surface area contributed by atoms with E-state index in [2.05, 4.69) is 39.3 Å². The summed E-state index contributed by atoms with van der Waals surface area (Å²) in [6, 6.07) is 8.86. The van der Waals surface area contributed by atoms with E-state index in [1.807, 2.05) is 20.8 Å². The van der Waals surface area contributed by atoms with E-state index in [0.29, 0.717) is 5.92 Å². The number of hydrogen-bond acceptors (Lipinski definition) is 5. The van der Waals surface area contributed by atoms with Crippen LogP contribution in [-0.4, -0.2) is 38.8 Å². The van der Waals surface area contributed by atoms with Crippen LogP contribution in [0.5, 0.6) is 0 Å². The van der Waals surface area contributed by atoms with Gasteiger partial charge in [0.1, 0.15) is 0 Å². The maximum absolute atomic E-state index is 9.85. The van der Waals surface area contributed by atoms with E-state index in [9.17, 15) is 5.11 Å². The normalized spacial score (nSPS) is 16.9. The van der Waals surface area contributed by atoms with Gasteiger partial charge in [-0.1, -0.05) is 29.4 Å². The summed E-state index contributed by atoms with van der Waals surface area (Å²) in [6.45, 7) is 8.86. The van der Waals surface area contributed by atoms with Gasteiger partial charge in [0.05, 0.1) is 5.60 Å². The van der Waals surface area contributed by atoms with Crippen molar-refractivity contribution in [1.29, 1.82) is 0 Å². The Morgan fingerprint density at radius 2 is 1.81 bits per heavy atom. The standard InChI is InChI=1S/C21H31N3O2/c1-16-22-20(26-23-16)14-18-9-12-24(13-10-18)15-19-6-4-17(5-7-19)8-11-21(2,3)25/h4-7,18,25H,8-15H2,1-3H3. The summed E-state index contributed by atoms with van der Waals surface area (Å²) in [5.74, 6) is 2.15. The highest BCUT2D eigenvalue weighted by Crippen LogP contribution is 2.22. The predicted molar refractivity (Wildman–Crippen MR) is 102 cm³/mol. The molecule has 1 aliphatic heterocycles. The van der Waals surface area contributed by atoms with Crippen molar-refractivity contribution in [1.82, 2.24) is 15.0 Å². The molecule has 0 aliphatic carbocycles. The molecule has 1 aromatic carbocycles. The molecule has 1 fully saturated rings. The lowest BCUT2D eigenvalue weighted by atomic mass is 9.93. The average Bonchev–Trinajstić information content (AvgIpc) is 3.00. The zero-order valence-electron chi connectivity index (χ0n) is 16.2. The second-order valence-electron chi connectivity index (χ2n) is 8.29. The van der Waals surface area contributed by atoms with Crippen molar-refractivity contribution in [2.24, 2.45) is 5.92 Å². The van der Waals surface area contributed by atoms with Crippen LogP contribution in [0.1, 0.15) is 56.0 Å². The third-order valence-corrected chi connectivity index (χ3v) is 5.19. The Labute approximate surface area is 156 Å². The van der Waals surface area contributed by atoms with Gasteiger partial charge in [-0.2, -0.15) is 4.98 Å². The fourth-order valence-electron chi connectivity index (χ4n) is 3.54. The highest BCUT2D eigenvalue weighted by atomic mass is 16.5. The number of hydrogen-bond donors (Lipinski definition) is 1. The van der Waals surface area contributed by atoms with Crippen LogP contribution in [0, 0.1) is 12.8 Å². The maximum atomic E-state index is 9.85. The van der Waals surface area contributed by atoms with Gasteiger partial charge in [0, 0.05) is 13.0 Å². The van der Waals surface area contributed by atoms with Crippen LogP contribution in [0.3, 0.4) is 0 Å². The van der Waals surface area contributed by atoms with Crippen LogP contribution in [0.25, 0.3) is 0 Å². The van der Waals surface area contributed by atoms with Crippen LogP contribution in [0.15, 0.2) is 28.8 Å². The van der Waals surface area contributed by atoms with Crippen LogP contribution >= 0.6 is 0 Å². The molecule has 0 amide bonds. The van der Waals surface area contributed by atoms with Gasteiger partial charge in [0.25, 0.3) is 0 Å². The number of aromatic nitrogens is 2. The van der Waals surface area contributed by atoms with Crippen molar-refractivity contribution >= 4 is 0 Å². The summed E-state index contributed by atoms with van der Waals surface area (Å²) >= 11 is 0. The van der Waals surface area contributed by atoms with Gasteiger partial charge >= 0.3 is 0 Å². The van der Waals surface area contributed by atoms with E-state index in [4.69, 9.17) is 4.52 Å². The Hall–Kier alpha value is -1.72. The zero-order chi connectivity index (χ0) is 18.6. The monoisotopic (exact) mass is 357 g/mol. The van der Waals surface area contributed by atoms with Gasteiger partial charge in [0.15, 0.2) is 5.82 Å². The minimum atomic E-state index is -0.594. The Kier molecular flexibility index (Phi) is 6.09. The van der Waals surface area contributed by atoms with Gasteiger partial charge in [-0.05, 0) is 76.6 Å². The van der Waals surface area contributed by atoms with Crippen molar-refractivity contribution in [3.8, 4) is 0 Å². The van der Waals surface area contributed by atoms with Crippen molar-refractivity contribution in [3.05, 3.63) is 47.1 Å². The summed E-state index contributed by atoms with van der Waals surface area (Å²) in [6.07, 6.45) is 4.99. The molecular formula is C21H31N3O2. The third kappa shape index (κ3) is 5.92. The number of rotatable bonds is 7. The molecule has 1 aliphatic rings. The van der Waals surface area contributed by atoms with E-state index < -0.39 is 5.60 Å². The topological polar surface area (TPSA) is 62.4 Å². The fourth-order valence-corrected chi connectivity index (χ4v) is 3.54. The van der Waals surface area contributed by atoms with Gasteiger partial charge in [0.2, 0.25) is 5.89 Å². The number of benzene rings is 1.